The molecule has 2 aromatic carbocycles. The molecular weight excluding hydrogens is 342 g/mol. The van der Waals surface area contributed by atoms with Gasteiger partial charge in [-0.25, -0.2) is 13.4 Å². The molecular formula is C17H17N3O2S2. The minimum atomic E-state index is -3.62. The van der Waals surface area contributed by atoms with Gasteiger partial charge >= 0.3 is 0 Å². The predicted octanol–water partition coefficient (Wildman–Crippen LogP) is 3.86. The van der Waals surface area contributed by atoms with E-state index in [1.165, 1.54) is 11.3 Å². The van der Waals surface area contributed by atoms with Crippen LogP contribution in [0, 0.1) is 6.92 Å². The van der Waals surface area contributed by atoms with E-state index in [0.717, 1.165) is 16.3 Å². The number of thiazole rings is 1. The fraction of sp³-hybridized carbons (Fsp3) is 0.118. The number of nitrogens with zero attached hydrogens (tertiary/aromatic N) is 1. The van der Waals surface area contributed by atoms with E-state index in [-0.39, 0.29) is 4.90 Å². The summed E-state index contributed by atoms with van der Waals surface area (Å²) in [5.74, 6) is 0. The first-order chi connectivity index (χ1) is 11.5. The summed E-state index contributed by atoms with van der Waals surface area (Å²) in [7, 11) is -3.62. The van der Waals surface area contributed by atoms with Gasteiger partial charge in [-0.05, 0) is 30.7 Å². The third kappa shape index (κ3) is 3.93. The molecule has 1 aromatic heterocycles. The summed E-state index contributed by atoms with van der Waals surface area (Å²) in [5.41, 5.74) is 2.42. The molecule has 0 saturated heterocycles. The Hall–Kier alpha value is -2.38. The van der Waals surface area contributed by atoms with Gasteiger partial charge in [-0.3, -0.25) is 4.72 Å². The van der Waals surface area contributed by atoms with Crippen molar-refractivity contribution < 1.29 is 8.42 Å². The van der Waals surface area contributed by atoms with Gasteiger partial charge in [0.1, 0.15) is 0 Å². The molecule has 24 heavy (non-hydrogen) atoms. The highest BCUT2D eigenvalue weighted by molar-refractivity contribution is 7.92. The molecule has 3 rings (SSSR count). The van der Waals surface area contributed by atoms with Gasteiger partial charge < -0.3 is 5.32 Å². The maximum atomic E-state index is 12.6. The first-order valence-electron chi connectivity index (χ1n) is 7.35. The number of nitrogens with one attached hydrogen (secondary N) is 2. The molecule has 0 amide bonds. The Morgan fingerprint density at radius 1 is 1.08 bits per heavy atom. The summed E-state index contributed by atoms with van der Waals surface area (Å²) in [4.78, 5) is 4.41. The van der Waals surface area contributed by atoms with Crippen LogP contribution < -0.4 is 10.0 Å². The molecule has 0 radical (unpaired) electrons. The van der Waals surface area contributed by atoms with E-state index in [9.17, 15) is 8.42 Å². The summed E-state index contributed by atoms with van der Waals surface area (Å²) in [6.07, 6.45) is 1.72. The third-order valence-corrected chi connectivity index (χ3v) is 5.57. The number of sulfonamides is 1. The number of aromatic nitrogens is 1. The van der Waals surface area contributed by atoms with Gasteiger partial charge in [0.2, 0.25) is 0 Å². The first-order valence-corrected chi connectivity index (χ1v) is 9.72. The Morgan fingerprint density at radius 3 is 2.54 bits per heavy atom. The number of rotatable bonds is 6. The van der Waals surface area contributed by atoms with Crippen molar-refractivity contribution in [3.05, 3.63) is 71.2 Å². The van der Waals surface area contributed by atoms with E-state index < -0.39 is 10.0 Å². The number of hydrogen-bond donors (Lipinski definition) is 2. The maximum Gasteiger partial charge on any atom is 0.261 e. The van der Waals surface area contributed by atoms with Gasteiger partial charge in [-0.2, -0.15) is 0 Å². The van der Waals surface area contributed by atoms with Crippen LogP contribution in [0.1, 0.15) is 11.1 Å². The summed E-state index contributed by atoms with van der Waals surface area (Å²) >= 11 is 1.50. The van der Waals surface area contributed by atoms with E-state index in [2.05, 4.69) is 15.0 Å². The normalized spacial score (nSPS) is 11.2. The minimum Gasteiger partial charge on any atom is -0.357 e. The summed E-state index contributed by atoms with van der Waals surface area (Å²) in [6.45, 7) is 2.41. The lowest BCUT2D eigenvalue weighted by atomic mass is 10.2. The van der Waals surface area contributed by atoms with Crippen molar-refractivity contribution in [1.82, 2.24) is 4.98 Å². The molecule has 5 nitrogen and oxygen atoms in total. The number of para-hydroxylation sites is 1. The third-order valence-electron chi connectivity index (χ3n) is 3.46. The largest absolute Gasteiger partial charge is 0.357 e. The van der Waals surface area contributed by atoms with Crippen LogP contribution in [0.3, 0.4) is 0 Å². The Morgan fingerprint density at radius 2 is 1.83 bits per heavy atom. The molecule has 0 spiro atoms. The minimum absolute atomic E-state index is 0.246. The Balaban J connectivity index is 1.80. The highest BCUT2D eigenvalue weighted by atomic mass is 32.2. The molecule has 3 aromatic rings. The van der Waals surface area contributed by atoms with Crippen LogP contribution in [0.15, 0.2) is 65.0 Å². The second-order valence-corrected chi connectivity index (χ2v) is 7.84. The Bertz CT molecular complexity index is 905. The van der Waals surface area contributed by atoms with Crippen LogP contribution >= 0.6 is 11.3 Å². The van der Waals surface area contributed by atoms with Crippen LogP contribution in [0.25, 0.3) is 0 Å². The van der Waals surface area contributed by atoms with Crippen molar-refractivity contribution >= 4 is 32.2 Å². The van der Waals surface area contributed by atoms with Gasteiger partial charge in [0, 0.05) is 18.1 Å². The zero-order valence-corrected chi connectivity index (χ0v) is 14.7. The lowest BCUT2D eigenvalue weighted by Crippen LogP contribution is -2.15. The van der Waals surface area contributed by atoms with Crippen molar-refractivity contribution in [2.75, 3.05) is 10.0 Å². The van der Waals surface area contributed by atoms with Crippen LogP contribution in [0.5, 0.6) is 0 Å². The molecule has 2 N–H and O–H groups in total. The lowest BCUT2D eigenvalue weighted by molar-refractivity contribution is 0.601. The maximum absolute atomic E-state index is 12.6. The van der Waals surface area contributed by atoms with E-state index in [0.29, 0.717) is 12.2 Å². The molecule has 0 unspecified atom stereocenters. The lowest BCUT2D eigenvalue weighted by Gasteiger charge is -2.13. The van der Waals surface area contributed by atoms with Gasteiger partial charge in [0.05, 0.1) is 10.6 Å². The van der Waals surface area contributed by atoms with E-state index in [1.54, 1.807) is 42.6 Å². The fourth-order valence-electron chi connectivity index (χ4n) is 2.18. The first kappa shape index (κ1) is 16.5. The molecule has 7 heteroatoms. The molecule has 0 aliphatic carbocycles. The summed E-state index contributed by atoms with van der Waals surface area (Å²) in [6, 6.07) is 14.1. The molecule has 0 aliphatic rings. The fourth-order valence-corrected chi connectivity index (χ4v) is 3.81. The van der Waals surface area contributed by atoms with Gasteiger partial charge in [-0.1, -0.05) is 35.9 Å². The second-order valence-electron chi connectivity index (χ2n) is 5.27. The van der Waals surface area contributed by atoms with Gasteiger partial charge in [0.25, 0.3) is 10.0 Å². The standard InChI is InChI=1S/C17H17N3O2S2/c1-13-6-8-15(9-7-13)24(21,22)20-16-5-3-2-4-14(16)12-19-17-18-10-11-23-17/h2-11,20H,12H2,1H3,(H,18,19). The van der Waals surface area contributed by atoms with Crippen molar-refractivity contribution in [3.8, 4) is 0 Å². The van der Waals surface area contributed by atoms with Crippen LogP contribution in [0.2, 0.25) is 0 Å². The quantitative estimate of drug-likeness (QED) is 0.701. The molecule has 0 aliphatic heterocycles. The SMILES string of the molecule is Cc1ccc(S(=O)(=O)Nc2ccccc2CNc2nccs2)cc1. The number of hydrogen-bond acceptors (Lipinski definition) is 5. The van der Waals surface area contributed by atoms with Crippen LogP contribution in [-0.2, 0) is 16.6 Å². The molecule has 1 heterocycles. The van der Waals surface area contributed by atoms with Crippen molar-refractivity contribution in [2.24, 2.45) is 0 Å². The topological polar surface area (TPSA) is 71.1 Å². The average Bonchev–Trinajstić information content (AvgIpc) is 3.07. The average molecular weight is 359 g/mol. The molecule has 0 bridgehead atoms. The van der Waals surface area contributed by atoms with E-state index in [4.69, 9.17) is 0 Å². The van der Waals surface area contributed by atoms with Crippen LogP contribution in [-0.4, -0.2) is 13.4 Å². The summed E-state index contributed by atoms with van der Waals surface area (Å²) < 4.78 is 27.8. The van der Waals surface area contributed by atoms with Crippen molar-refractivity contribution in [3.63, 3.8) is 0 Å². The van der Waals surface area contributed by atoms with E-state index >= 15 is 0 Å². The van der Waals surface area contributed by atoms with Crippen molar-refractivity contribution in [1.29, 1.82) is 0 Å². The monoisotopic (exact) mass is 359 g/mol. The highest BCUT2D eigenvalue weighted by Crippen LogP contribution is 2.22. The highest BCUT2D eigenvalue weighted by Gasteiger charge is 2.15. The molecule has 124 valence electrons. The molecule has 0 saturated carbocycles. The second kappa shape index (κ2) is 7.02. The number of anilines is 2. The predicted molar refractivity (Wildman–Crippen MR) is 97.9 cm³/mol. The van der Waals surface area contributed by atoms with Gasteiger partial charge in [0.15, 0.2) is 5.13 Å². The molecule has 0 atom stereocenters. The summed E-state index contributed by atoms with van der Waals surface area (Å²) in [5, 5.41) is 5.87. The smallest absolute Gasteiger partial charge is 0.261 e. The number of aryl methyl sites for hydroxylation is 1. The zero-order valence-electron chi connectivity index (χ0n) is 13.1. The van der Waals surface area contributed by atoms with Crippen LogP contribution in [0.4, 0.5) is 10.8 Å². The van der Waals surface area contributed by atoms with Gasteiger partial charge in [-0.15, -0.1) is 11.3 Å². The van der Waals surface area contributed by atoms with Crippen molar-refractivity contribution in [2.45, 2.75) is 18.4 Å². The number of benzene rings is 2. The Kier molecular flexibility index (Phi) is 4.82. The zero-order chi connectivity index (χ0) is 17.0. The Labute approximate surface area is 145 Å². The molecule has 0 fully saturated rings. The van der Waals surface area contributed by atoms with E-state index in [1.807, 2.05) is 24.4 Å².